The number of nitrogens with zero attached hydrogens (tertiary/aromatic N) is 2. The Morgan fingerprint density at radius 1 is 1.20 bits per heavy atom. The van der Waals surface area contributed by atoms with Crippen LogP contribution in [0.3, 0.4) is 0 Å². The molecule has 1 saturated heterocycles. The first kappa shape index (κ1) is 15.1. The van der Waals surface area contributed by atoms with E-state index in [-0.39, 0.29) is 5.75 Å². The second-order valence-corrected chi connectivity index (χ2v) is 7.05. The first-order valence-corrected chi connectivity index (χ1v) is 8.35. The van der Waals surface area contributed by atoms with E-state index in [0.29, 0.717) is 31.7 Å². The van der Waals surface area contributed by atoms with Crippen molar-refractivity contribution in [3.05, 3.63) is 23.8 Å². The Bertz CT molecular complexity index is 578. The van der Waals surface area contributed by atoms with Crippen LogP contribution < -0.4 is 4.90 Å². The summed E-state index contributed by atoms with van der Waals surface area (Å²) >= 11 is 0. The van der Waals surface area contributed by atoms with Crippen LogP contribution in [0.1, 0.15) is 18.6 Å². The van der Waals surface area contributed by atoms with Gasteiger partial charge in [0.1, 0.15) is 5.75 Å². The van der Waals surface area contributed by atoms with Gasteiger partial charge < -0.3 is 15.1 Å². The van der Waals surface area contributed by atoms with Crippen molar-refractivity contribution in [2.24, 2.45) is 0 Å². The Labute approximate surface area is 119 Å². The van der Waals surface area contributed by atoms with Gasteiger partial charge in [0, 0.05) is 43.5 Å². The predicted molar refractivity (Wildman–Crippen MR) is 77.4 cm³/mol. The minimum absolute atomic E-state index is 0.0584. The van der Waals surface area contributed by atoms with Crippen molar-refractivity contribution < 1.29 is 18.6 Å². The summed E-state index contributed by atoms with van der Waals surface area (Å²) in [7, 11) is -3.13. The molecule has 6 nitrogen and oxygen atoms in total. The number of rotatable bonds is 3. The number of piperazine rings is 1. The fraction of sp³-hybridized carbons (Fsp3) is 0.538. The molecule has 0 radical (unpaired) electrons. The van der Waals surface area contributed by atoms with Crippen LogP contribution in [0, 0.1) is 0 Å². The van der Waals surface area contributed by atoms with Gasteiger partial charge in [-0.3, -0.25) is 0 Å². The number of hydrogen-bond acceptors (Lipinski definition) is 5. The quantitative estimate of drug-likeness (QED) is 0.851. The zero-order chi connectivity index (χ0) is 14.9. The van der Waals surface area contributed by atoms with Gasteiger partial charge in [-0.05, 0) is 13.0 Å². The molecule has 1 aliphatic heterocycles. The zero-order valence-electron chi connectivity index (χ0n) is 11.7. The number of benzene rings is 1. The van der Waals surface area contributed by atoms with E-state index in [1.54, 1.807) is 19.1 Å². The molecule has 1 aromatic rings. The number of anilines is 1. The molecule has 0 aromatic heterocycles. The van der Waals surface area contributed by atoms with Crippen LogP contribution in [0.4, 0.5) is 5.69 Å². The molecule has 2 rings (SSSR count). The van der Waals surface area contributed by atoms with Gasteiger partial charge >= 0.3 is 0 Å². The summed E-state index contributed by atoms with van der Waals surface area (Å²) in [5.74, 6) is 0.0584. The van der Waals surface area contributed by atoms with Crippen LogP contribution in [0.15, 0.2) is 18.2 Å². The van der Waals surface area contributed by atoms with Gasteiger partial charge in [-0.2, -0.15) is 4.31 Å². The van der Waals surface area contributed by atoms with E-state index >= 15 is 0 Å². The average Bonchev–Trinajstić information content (AvgIpc) is 2.37. The summed E-state index contributed by atoms with van der Waals surface area (Å²) in [6, 6.07) is 5.13. The average molecular weight is 300 g/mol. The molecule has 0 amide bonds. The number of hydrogen-bond donors (Lipinski definition) is 2. The van der Waals surface area contributed by atoms with Crippen molar-refractivity contribution in [3.63, 3.8) is 0 Å². The maximum absolute atomic E-state index is 11.4. The molecule has 2 N–H and O–H groups in total. The fourth-order valence-electron chi connectivity index (χ4n) is 2.36. The van der Waals surface area contributed by atoms with Crippen molar-refractivity contribution in [3.8, 4) is 5.75 Å². The SMILES string of the molecule is CC(O)c1ccc(N2CCN(S(C)(=O)=O)CC2)cc1O. The highest BCUT2D eigenvalue weighted by Gasteiger charge is 2.23. The van der Waals surface area contributed by atoms with E-state index in [1.807, 2.05) is 11.0 Å². The number of phenolic OH excluding ortho intramolecular Hbond substituents is 1. The Morgan fingerprint density at radius 3 is 2.25 bits per heavy atom. The molecular weight excluding hydrogens is 280 g/mol. The van der Waals surface area contributed by atoms with Gasteiger partial charge in [0.25, 0.3) is 0 Å². The van der Waals surface area contributed by atoms with Gasteiger partial charge in [0.2, 0.25) is 10.0 Å². The van der Waals surface area contributed by atoms with Crippen molar-refractivity contribution in [2.45, 2.75) is 13.0 Å². The topological polar surface area (TPSA) is 81.1 Å². The van der Waals surface area contributed by atoms with E-state index in [4.69, 9.17) is 0 Å². The van der Waals surface area contributed by atoms with Gasteiger partial charge in [0.15, 0.2) is 0 Å². The zero-order valence-corrected chi connectivity index (χ0v) is 12.5. The molecule has 7 heteroatoms. The van der Waals surface area contributed by atoms with Gasteiger partial charge in [-0.25, -0.2) is 8.42 Å². The summed E-state index contributed by atoms with van der Waals surface area (Å²) in [5.41, 5.74) is 1.32. The number of sulfonamides is 1. The summed E-state index contributed by atoms with van der Waals surface area (Å²) in [4.78, 5) is 2.02. The van der Waals surface area contributed by atoms with Crippen LogP contribution in [-0.4, -0.2) is 55.4 Å². The van der Waals surface area contributed by atoms with Gasteiger partial charge in [-0.1, -0.05) is 6.07 Å². The highest BCUT2D eigenvalue weighted by Crippen LogP contribution is 2.29. The van der Waals surface area contributed by atoms with E-state index in [0.717, 1.165) is 5.69 Å². The molecule has 0 spiro atoms. The van der Waals surface area contributed by atoms with Crippen LogP contribution in [0.5, 0.6) is 5.75 Å². The molecule has 1 unspecified atom stereocenters. The fourth-order valence-corrected chi connectivity index (χ4v) is 3.19. The van der Waals surface area contributed by atoms with E-state index < -0.39 is 16.1 Å². The van der Waals surface area contributed by atoms with E-state index in [2.05, 4.69) is 0 Å². The lowest BCUT2D eigenvalue weighted by molar-refractivity contribution is 0.195. The Kier molecular flexibility index (Phi) is 4.22. The van der Waals surface area contributed by atoms with Gasteiger partial charge in [0.05, 0.1) is 12.4 Å². The van der Waals surface area contributed by atoms with Crippen molar-refractivity contribution in [2.75, 3.05) is 37.3 Å². The van der Waals surface area contributed by atoms with Crippen molar-refractivity contribution >= 4 is 15.7 Å². The maximum atomic E-state index is 11.4. The predicted octanol–water partition coefficient (Wildman–Crippen LogP) is 0.527. The number of phenols is 1. The molecule has 0 aliphatic carbocycles. The van der Waals surface area contributed by atoms with Crippen molar-refractivity contribution in [1.29, 1.82) is 0 Å². The molecule has 0 bridgehead atoms. The molecule has 1 heterocycles. The van der Waals surface area contributed by atoms with Crippen LogP contribution in [-0.2, 0) is 10.0 Å². The first-order valence-electron chi connectivity index (χ1n) is 6.50. The Morgan fingerprint density at radius 2 is 1.80 bits per heavy atom. The Balaban J connectivity index is 2.10. The summed E-state index contributed by atoms with van der Waals surface area (Å²) in [6.07, 6.45) is 0.498. The van der Waals surface area contributed by atoms with Crippen LogP contribution in [0.2, 0.25) is 0 Å². The largest absolute Gasteiger partial charge is 0.507 e. The first-order chi connectivity index (χ1) is 9.29. The number of aliphatic hydroxyl groups is 1. The normalized spacial score (nSPS) is 19.1. The third-order valence-corrected chi connectivity index (χ3v) is 4.84. The highest BCUT2D eigenvalue weighted by molar-refractivity contribution is 7.88. The molecule has 20 heavy (non-hydrogen) atoms. The third-order valence-electron chi connectivity index (χ3n) is 3.54. The second-order valence-electron chi connectivity index (χ2n) is 5.07. The summed E-state index contributed by atoms with van der Waals surface area (Å²) in [6.45, 7) is 3.65. The van der Waals surface area contributed by atoms with E-state index in [1.165, 1.54) is 10.6 Å². The summed E-state index contributed by atoms with van der Waals surface area (Å²) < 4.78 is 24.3. The monoisotopic (exact) mass is 300 g/mol. The van der Waals surface area contributed by atoms with Crippen molar-refractivity contribution in [1.82, 2.24) is 4.31 Å². The third kappa shape index (κ3) is 3.23. The minimum Gasteiger partial charge on any atom is -0.507 e. The molecule has 1 atom stereocenters. The lowest BCUT2D eigenvalue weighted by Gasteiger charge is -2.34. The molecular formula is C13H20N2O4S. The standard InChI is InChI=1S/C13H20N2O4S/c1-10(16)12-4-3-11(9-13(12)17)14-5-7-15(8-6-14)20(2,18)19/h3-4,9-10,16-17H,5-8H2,1-2H3. The summed E-state index contributed by atoms with van der Waals surface area (Å²) in [5, 5.41) is 19.4. The molecule has 1 aromatic carbocycles. The lowest BCUT2D eigenvalue weighted by atomic mass is 10.1. The van der Waals surface area contributed by atoms with Crippen LogP contribution in [0.25, 0.3) is 0 Å². The highest BCUT2D eigenvalue weighted by atomic mass is 32.2. The molecule has 0 saturated carbocycles. The lowest BCUT2D eigenvalue weighted by Crippen LogP contribution is -2.48. The van der Waals surface area contributed by atoms with Crippen LogP contribution >= 0.6 is 0 Å². The maximum Gasteiger partial charge on any atom is 0.211 e. The number of aromatic hydroxyl groups is 1. The number of aliphatic hydroxyl groups excluding tert-OH is 1. The van der Waals surface area contributed by atoms with E-state index in [9.17, 15) is 18.6 Å². The minimum atomic E-state index is -3.13. The smallest absolute Gasteiger partial charge is 0.211 e. The Hall–Kier alpha value is -1.31. The second kappa shape index (κ2) is 5.59. The molecule has 1 fully saturated rings. The molecule has 1 aliphatic rings. The molecule has 112 valence electrons. The van der Waals surface area contributed by atoms with Gasteiger partial charge in [-0.15, -0.1) is 0 Å².